The summed E-state index contributed by atoms with van der Waals surface area (Å²) in [6.07, 6.45) is 4.72. The van der Waals surface area contributed by atoms with E-state index in [1.807, 2.05) is 24.3 Å². The van der Waals surface area contributed by atoms with Gasteiger partial charge in [-0.25, -0.2) is 4.98 Å². The molecule has 26 heavy (non-hydrogen) atoms. The molecular formula is C21H30N4O. The van der Waals surface area contributed by atoms with E-state index in [-0.39, 0.29) is 6.10 Å². The zero-order valence-electron chi connectivity index (χ0n) is 15.9. The van der Waals surface area contributed by atoms with Gasteiger partial charge in [0.05, 0.1) is 11.8 Å². The highest BCUT2D eigenvalue weighted by molar-refractivity contribution is 5.64. The minimum Gasteiger partial charge on any atom is -0.376 e. The fraction of sp³-hybridized carbons (Fsp3) is 0.524. The van der Waals surface area contributed by atoms with Crippen LogP contribution < -0.4 is 10.2 Å². The molecule has 1 N–H and O–H groups in total. The topological polar surface area (TPSA) is 50.3 Å². The quantitative estimate of drug-likeness (QED) is 0.725. The van der Waals surface area contributed by atoms with E-state index in [4.69, 9.17) is 14.7 Å². The van der Waals surface area contributed by atoms with Gasteiger partial charge in [-0.3, -0.25) is 0 Å². The minimum atomic E-state index is 0.288. The smallest absolute Gasteiger partial charge is 0.227 e. The lowest BCUT2D eigenvalue weighted by atomic mass is 10.1. The van der Waals surface area contributed by atoms with Crippen molar-refractivity contribution in [2.75, 3.05) is 36.5 Å². The van der Waals surface area contributed by atoms with Crippen LogP contribution in [0.2, 0.25) is 0 Å². The summed E-state index contributed by atoms with van der Waals surface area (Å²) in [4.78, 5) is 12.0. The van der Waals surface area contributed by atoms with Crippen molar-refractivity contribution < 1.29 is 4.74 Å². The van der Waals surface area contributed by atoms with Crippen molar-refractivity contribution in [3.63, 3.8) is 0 Å². The molecule has 5 heteroatoms. The van der Waals surface area contributed by atoms with Crippen molar-refractivity contribution in [2.45, 2.75) is 45.6 Å². The van der Waals surface area contributed by atoms with Crippen molar-refractivity contribution in [1.82, 2.24) is 9.97 Å². The van der Waals surface area contributed by atoms with Gasteiger partial charge in [-0.2, -0.15) is 4.98 Å². The van der Waals surface area contributed by atoms with Crippen LogP contribution in [0.1, 0.15) is 39.5 Å². The molecule has 1 aliphatic heterocycles. The van der Waals surface area contributed by atoms with Crippen LogP contribution in [0.4, 0.5) is 11.8 Å². The molecule has 5 nitrogen and oxygen atoms in total. The predicted molar refractivity (Wildman–Crippen MR) is 108 cm³/mol. The third kappa shape index (κ3) is 4.94. The molecule has 1 saturated heterocycles. The first-order valence-corrected chi connectivity index (χ1v) is 9.85. The fourth-order valence-electron chi connectivity index (χ4n) is 3.30. The van der Waals surface area contributed by atoms with Gasteiger partial charge in [0.1, 0.15) is 5.82 Å². The van der Waals surface area contributed by atoms with E-state index in [9.17, 15) is 0 Å². The van der Waals surface area contributed by atoms with Gasteiger partial charge in [-0.1, -0.05) is 44.2 Å². The second-order valence-electron chi connectivity index (χ2n) is 6.81. The Bertz CT molecular complexity index is 665. The number of anilines is 2. The average Bonchev–Trinajstić information content (AvgIpc) is 3.20. The van der Waals surface area contributed by atoms with Crippen LogP contribution in [0, 0.1) is 0 Å². The standard InChI is InChI=1S/C21H30N4O/c1-3-12-25(13-4-2)21-23-19(17-9-6-5-7-10-17)15-20(24-21)22-16-18-11-8-14-26-18/h5-7,9-10,15,18H,3-4,8,11-14,16H2,1-2H3,(H,22,23,24). The highest BCUT2D eigenvalue weighted by atomic mass is 16.5. The third-order valence-corrected chi connectivity index (χ3v) is 4.59. The van der Waals surface area contributed by atoms with Crippen LogP contribution in [-0.2, 0) is 4.74 Å². The normalized spacial score (nSPS) is 16.6. The molecule has 1 unspecified atom stereocenters. The zero-order chi connectivity index (χ0) is 18.2. The average molecular weight is 354 g/mol. The molecule has 1 atom stereocenters. The lowest BCUT2D eigenvalue weighted by Gasteiger charge is -2.23. The van der Waals surface area contributed by atoms with E-state index in [0.717, 1.165) is 74.9 Å². The monoisotopic (exact) mass is 354 g/mol. The first-order valence-electron chi connectivity index (χ1n) is 9.85. The van der Waals surface area contributed by atoms with E-state index in [1.54, 1.807) is 0 Å². The Morgan fingerprint density at radius 2 is 1.88 bits per heavy atom. The molecule has 140 valence electrons. The predicted octanol–water partition coefficient (Wildman–Crippen LogP) is 4.36. The van der Waals surface area contributed by atoms with Gasteiger partial charge >= 0.3 is 0 Å². The summed E-state index contributed by atoms with van der Waals surface area (Å²) >= 11 is 0. The van der Waals surface area contributed by atoms with Gasteiger partial charge in [0.2, 0.25) is 5.95 Å². The number of nitrogens with one attached hydrogen (secondary N) is 1. The van der Waals surface area contributed by atoms with Crippen LogP contribution in [-0.4, -0.2) is 42.3 Å². The van der Waals surface area contributed by atoms with Gasteiger partial charge in [0, 0.05) is 37.9 Å². The summed E-state index contributed by atoms with van der Waals surface area (Å²) in [5.41, 5.74) is 2.08. The minimum absolute atomic E-state index is 0.288. The van der Waals surface area contributed by atoms with Crippen molar-refractivity contribution in [3.05, 3.63) is 36.4 Å². The number of hydrogen-bond acceptors (Lipinski definition) is 5. The molecule has 3 rings (SSSR count). The van der Waals surface area contributed by atoms with E-state index in [0.29, 0.717) is 0 Å². The molecular weight excluding hydrogens is 324 g/mol. The molecule has 0 radical (unpaired) electrons. The zero-order valence-corrected chi connectivity index (χ0v) is 15.9. The highest BCUT2D eigenvalue weighted by Gasteiger charge is 2.17. The lowest BCUT2D eigenvalue weighted by molar-refractivity contribution is 0.120. The van der Waals surface area contributed by atoms with E-state index in [2.05, 4.69) is 36.2 Å². The number of benzene rings is 1. The third-order valence-electron chi connectivity index (χ3n) is 4.59. The maximum Gasteiger partial charge on any atom is 0.227 e. The summed E-state index contributed by atoms with van der Waals surface area (Å²) in [6.45, 7) is 8.00. The van der Waals surface area contributed by atoms with Gasteiger partial charge in [0.25, 0.3) is 0 Å². The molecule has 1 aromatic carbocycles. The van der Waals surface area contributed by atoms with E-state index in [1.165, 1.54) is 0 Å². The largest absolute Gasteiger partial charge is 0.376 e. The fourth-order valence-corrected chi connectivity index (χ4v) is 3.30. The summed E-state index contributed by atoms with van der Waals surface area (Å²) in [5.74, 6) is 1.69. The van der Waals surface area contributed by atoms with Crippen LogP contribution >= 0.6 is 0 Å². The van der Waals surface area contributed by atoms with Crippen molar-refractivity contribution in [1.29, 1.82) is 0 Å². The Labute approximate surface area is 156 Å². The van der Waals surface area contributed by atoms with E-state index >= 15 is 0 Å². The van der Waals surface area contributed by atoms with Crippen LogP contribution in [0.15, 0.2) is 36.4 Å². The Morgan fingerprint density at radius 3 is 2.54 bits per heavy atom. The Balaban J connectivity index is 1.87. The molecule has 1 aliphatic rings. The molecule has 0 aliphatic carbocycles. The Kier molecular flexibility index (Phi) is 6.83. The molecule has 2 heterocycles. The number of ether oxygens (including phenoxy) is 1. The van der Waals surface area contributed by atoms with Crippen molar-refractivity contribution in [3.8, 4) is 11.3 Å². The van der Waals surface area contributed by atoms with Crippen molar-refractivity contribution >= 4 is 11.8 Å². The van der Waals surface area contributed by atoms with Crippen molar-refractivity contribution in [2.24, 2.45) is 0 Å². The second kappa shape index (κ2) is 9.53. The Hall–Kier alpha value is -2.14. The molecule has 0 amide bonds. The molecule has 0 bridgehead atoms. The SMILES string of the molecule is CCCN(CCC)c1nc(NCC2CCCO2)cc(-c2ccccc2)n1. The number of aromatic nitrogens is 2. The first kappa shape index (κ1) is 18.6. The summed E-state index contributed by atoms with van der Waals surface area (Å²) < 4.78 is 5.73. The highest BCUT2D eigenvalue weighted by Crippen LogP contribution is 2.24. The molecule has 0 saturated carbocycles. The maximum absolute atomic E-state index is 5.73. The molecule has 0 spiro atoms. The molecule has 2 aromatic rings. The van der Waals surface area contributed by atoms with Gasteiger partial charge in [0.15, 0.2) is 0 Å². The molecule has 1 fully saturated rings. The van der Waals surface area contributed by atoms with Gasteiger partial charge < -0.3 is 15.0 Å². The summed E-state index contributed by atoms with van der Waals surface area (Å²) in [7, 11) is 0. The summed E-state index contributed by atoms with van der Waals surface area (Å²) in [5, 5.41) is 3.47. The van der Waals surface area contributed by atoms with Gasteiger partial charge in [-0.15, -0.1) is 0 Å². The first-order chi connectivity index (χ1) is 12.8. The van der Waals surface area contributed by atoms with E-state index < -0.39 is 0 Å². The van der Waals surface area contributed by atoms with Crippen LogP contribution in [0.25, 0.3) is 11.3 Å². The maximum atomic E-state index is 5.73. The molecule has 1 aromatic heterocycles. The van der Waals surface area contributed by atoms with Crippen LogP contribution in [0.5, 0.6) is 0 Å². The number of nitrogens with zero attached hydrogens (tertiary/aromatic N) is 3. The summed E-state index contributed by atoms with van der Waals surface area (Å²) in [6, 6.07) is 12.4. The second-order valence-corrected chi connectivity index (χ2v) is 6.81. The Morgan fingerprint density at radius 1 is 1.12 bits per heavy atom. The number of rotatable bonds is 9. The van der Waals surface area contributed by atoms with Gasteiger partial charge in [-0.05, 0) is 25.7 Å². The number of hydrogen-bond donors (Lipinski definition) is 1. The lowest BCUT2D eigenvalue weighted by Crippen LogP contribution is -2.27. The van der Waals surface area contributed by atoms with Crippen LogP contribution in [0.3, 0.4) is 0 Å².